The Balaban J connectivity index is 2.75. The monoisotopic (exact) mass is 276 g/mol. The van der Waals surface area contributed by atoms with Crippen molar-refractivity contribution in [3.63, 3.8) is 0 Å². The van der Waals surface area contributed by atoms with E-state index in [0.29, 0.717) is 5.92 Å². The van der Waals surface area contributed by atoms with Crippen LogP contribution >= 0.6 is 27.3 Å². The molecule has 0 aromatic carbocycles. The quantitative estimate of drug-likeness (QED) is 0.889. The minimum Gasteiger partial charge on any atom is -0.396 e. The molecule has 0 spiro atoms. The molecule has 1 atom stereocenters. The summed E-state index contributed by atoms with van der Waals surface area (Å²) in [5.74, 6) is 0.494. The predicted molar refractivity (Wildman–Crippen MR) is 65.8 cm³/mol. The lowest BCUT2D eigenvalue weighted by atomic mass is 9.77. The second-order valence-corrected chi connectivity index (χ2v) is 6.90. The van der Waals surface area contributed by atoms with Gasteiger partial charge in [-0.15, -0.1) is 11.3 Å². The predicted octanol–water partition coefficient (Wildman–Crippen LogP) is 3.71. The number of rotatable bonds is 4. The smallest absolute Gasteiger partial charge is 0.0701 e. The van der Waals surface area contributed by atoms with Crippen molar-refractivity contribution >= 4 is 27.3 Å². The van der Waals surface area contributed by atoms with Gasteiger partial charge in [0.1, 0.15) is 0 Å². The number of thiophene rings is 1. The summed E-state index contributed by atoms with van der Waals surface area (Å²) >= 11 is 5.21. The van der Waals surface area contributed by atoms with E-state index >= 15 is 0 Å². The highest BCUT2D eigenvalue weighted by atomic mass is 79.9. The zero-order valence-electron chi connectivity index (χ0n) is 8.88. The van der Waals surface area contributed by atoms with E-state index in [1.807, 2.05) is 0 Å². The summed E-state index contributed by atoms with van der Waals surface area (Å²) in [5, 5.41) is 9.42. The molecule has 0 amide bonds. The van der Waals surface area contributed by atoms with Crippen molar-refractivity contribution in [1.29, 1.82) is 0 Å². The van der Waals surface area contributed by atoms with Crippen LogP contribution in [0.3, 0.4) is 0 Å². The molecule has 0 aliphatic heterocycles. The zero-order valence-corrected chi connectivity index (χ0v) is 11.3. The number of aliphatic hydroxyl groups is 1. The van der Waals surface area contributed by atoms with Gasteiger partial charge in [-0.1, -0.05) is 20.8 Å². The topological polar surface area (TPSA) is 20.2 Å². The minimum absolute atomic E-state index is 0.00426. The van der Waals surface area contributed by atoms with E-state index in [4.69, 9.17) is 0 Å². The van der Waals surface area contributed by atoms with Gasteiger partial charge >= 0.3 is 0 Å². The fourth-order valence-corrected chi connectivity index (χ4v) is 2.97. The number of aliphatic hydroxyl groups excluding tert-OH is 1. The standard InChI is InChI=1S/C11H17BrOS/c1-8(2)11(3,7-13)6-9-4-5-10(12)14-9/h4-5,8,13H,6-7H2,1-3H3. The Hall–Kier alpha value is 0.140. The molecule has 1 aromatic heterocycles. The Kier molecular flexibility index (Phi) is 4.16. The van der Waals surface area contributed by atoms with Crippen LogP contribution in [-0.2, 0) is 6.42 Å². The molecule has 0 bridgehead atoms. The van der Waals surface area contributed by atoms with Crippen LogP contribution in [-0.4, -0.2) is 11.7 Å². The van der Waals surface area contributed by atoms with Gasteiger partial charge in [-0.2, -0.15) is 0 Å². The van der Waals surface area contributed by atoms with Gasteiger partial charge in [0, 0.05) is 11.5 Å². The Morgan fingerprint density at radius 2 is 2.14 bits per heavy atom. The number of hydrogen-bond donors (Lipinski definition) is 1. The average Bonchev–Trinajstić information content (AvgIpc) is 2.50. The fourth-order valence-electron chi connectivity index (χ4n) is 1.29. The molecule has 1 aromatic rings. The molecule has 0 saturated carbocycles. The molecule has 0 fully saturated rings. The van der Waals surface area contributed by atoms with Crippen molar-refractivity contribution in [1.82, 2.24) is 0 Å². The van der Waals surface area contributed by atoms with Gasteiger partial charge in [0.25, 0.3) is 0 Å². The van der Waals surface area contributed by atoms with Crippen molar-refractivity contribution in [3.05, 3.63) is 20.8 Å². The van der Waals surface area contributed by atoms with E-state index in [0.717, 1.165) is 10.2 Å². The van der Waals surface area contributed by atoms with Crippen LogP contribution in [0.4, 0.5) is 0 Å². The van der Waals surface area contributed by atoms with Crippen molar-refractivity contribution in [2.45, 2.75) is 27.2 Å². The lowest BCUT2D eigenvalue weighted by Crippen LogP contribution is -2.30. The van der Waals surface area contributed by atoms with Crippen molar-refractivity contribution in [2.24, 2.45) is 11.3 Å². The Labute approximate surface area is 98.3 Å². The molecule has 14 heavy (non-hydrogen) atoms. The van der Waals surface area contributed by atoms with Crippen molar-refractivity contribution in [2.75, 3.05) is 6.61 Å². The molecule has 80 valence electrons. The minimum atomic E-state index is 0.00426. The van der Waals surface area contributed by atoms with E-state index in [9.17, 15) is 5.11 Å². The number of hydrogen-bond acceptors (Lipinski definition) is 2. The van der Waals surface area contributed by atoms with Gasteiger partial charge in [-0.25, -0.2) is 0 Å². The van der Waals surface area contributed by atoms with Gasteiger partial charge in [-0.05, 0) is 45.8 Å². The van der Waals surface area contributed by atoms with Crippen LogP contribution < -0.4 is 0 Å². The summed E-state index contributed by atoms with van der Waals surface area (Å²) < 4.78 is 1.16. The first-order valence-electron chi connectivity index (χ1n) is 4.83. The molecular formula is C11H17BrOS. The van der Waals surface area contributed by atoms with E-state index in [-0.39, 0.29) is 12.0 Å². The Morgan fingerprint density at radius 3 is 2.50 bits per heavy atom. The molecule has 0 saturated heterocycles. The average molecular weight is 277 g/mol. The van der Waals surface area contributed by atoms with Gasteiger partial charge in [0.05, 0.1) is 3.79 Å². The summed E-state index contributed by atoms with van der Waals surface area (Å²) in [7, 11) is 0. The number of halogens is 1. The molecule has 1 unspecified atom stereocenters. The molecule has 1 nitrogen and oxygen atoms in total. The van der Waals surface area contributed by atoms with Gasteiger partial charge in [0.15, 0.2) is 0 Å². The lowest BCUT2D eigenvalue weighted by Gasteiger charge is -2.31. The van der Waals surface area contributed by atoms with Gasteiger partial charge in [-0.3, -0.25) is 0 Å². The van der Waals surface area contributed by atoms with E-state index in [2.05, 4.69) is 48.8 Å². The third kappa shape index (κ3) is 2.81. The van der Waals surface area contributed by atoms with Crippen LogP contribution in [0.25, 0.3) is 0 Å². The van der Waals surface area contributed by atoms with E-state index < -0.39 is 0 Å². The lowest BCUT2D eigenvalue weighted by molar-refractivity contribution is 0.0956. The van der Waals surface area contributed by atoms with Crippen molar-refractivity contribution in [3.8, 4) is 0 Å². The molecule has 0 radical (unpaired) electrons. The third-order valence-corrected chi connectivity index (χ3v) is 4.59. The third-order valence-electron chi connectivity index (χ3n) is 2.96. The maximum Gasteiger partial charge on any atom is 0.0701 e. The van der Waals surface area contributed by atoms with Gasteiger partial charge in [0.2, 0.25) is 0 Å². The molecule has 0 aliphatic carbocycles. The first-order valence-corrected chi connectivity index (χ1v) is 6.44. The maximum atomic E-state index is 9.42. The zero-order chi connectivity index (χ0) is 10.8. The second-order valence-electron chi connectivity index (χ2n) is 4.35. The Bertz CT molecular complexity index is 295. The van der Waals surface area contributed by atoms with Gasteiger partial charge < -0.3 is 5.11 Å². The van der Waals surface area contributed by atoms with Crippen LogP contribution in [0, 0.1) is 11.3 Å². The van der Waals surface area contributed by atoms with E-state index in [1.165, 1.54) is 4.88 Å². The molecule has 1 N–H and O–H groups in total. The normalized spacial score (nSPS) is 15.9. The summed E-state index contributed by atoms with van der Waals surface area (Å²) in [6.07, 6.45) is 0.956. The largest absolute Gasteiger partial charge is 0.396 e. The fraction of sp³-hybridized carbons (Fsp3) is 0.636. The Morgan fingerprint density at radius 1 is 1.50 bits per heavy atom. The molecule has 1 heterocycles. The van der Waals surface area contributed by atoms with E-state index in [1.54, 1.807) is 11.3 Å². The highest BCUT2D eigenvalue weighted by Crippen LogP contribution is 2.34. The molecule has 3 heteroatoms. The second kappa shape index (κ2) is 4.77. The first kappa shape index (κ1) is 12.2. The van der Waals surface area contributed by atoms with Crippen molar-refractivity contribution < 1.29 is 5.11 Å². The molecule has 1 rings (SSSR count). The summed E-state index contributed by atoms with van der Waals surface area (Å²) in [6, 6.07) is 4.20. The highest BCUT2D eigenvalue weighted by Gasteiger charge is 2.28. The first-order chi connectivity index (χ1) is 6.48. The van der Waals surface area contributed by atoms with Crippen LogP contribution in [0.1, 0.15) is 25.6 Å². The van der Waals surface area contributed by atoms with Crippen LogP contribution in [0.2, 0.25) is 0 Å². The molecular weight excluding hydrogens is 260 g/mol. The van der Waals surface area contributed by atoms with Crippen LogP contribution in [0.5, 0.6) is 0 Å². The molecule has 0 aliphatic rings. The SMILES string of the molecule is CC(C)C(C)(CO)Cc1ccc(Br)s1. The van der Waals surface area contributed by atoms with Crippen LogP contribution in [0.15, 0.2) is 15.9 Å². The highest BCUT2D eigenvalue weighted by molar-refractivity contribution is 9.11. The summed E-state index contributed by atoms with van der Waals surface area (Å²) in [5.41, 5.74) is 0.00426. The maximum absolute atomic E-state index is 9.42. The summed E-state index contributed by atoms with van der Waals surface area (Å²) in [4.78, 5) is 1.34. The summed E-state index contributed by atoms with van der Waals surface area (Å²) in [6.45, 7) is 6.73.